The Balaban J connectivity index is 1.49. The van der Waals surface area contributed by atoms with Gasteiger partial charge in [-0.25, -0.2) is 0 Å². The van der Waals surface area contributed by atoms with Gasteiger partial charge in [-0.1, -0.05) is 35.9 Å². The van der Waals surface area contributed by atoms with Crippen LogP contribution in [0, 0.1) is 6.92 Å². The Morgan fingerprint density at radius 1 is 1.11 bits per heavy atom. The maximum absolute atomic E-state index is 12.7. The molecule has 0 aliphatic carbocycles. The lowest BCUT2D eigenvalue weighted by Crippen LogP contribution is -2.40. The average molecular weight is 371 g/mol. The lowest BCUT2D eigenvalue weighted by molar-refractivity contribution is -0.131. The van der Waals surface area contributed by atoms with Crippen LogP contribution in [0.1, 0.15) is 35.7 Å². The van der Waals surface area contributed by atoms with E-state index in [-0.39, 0.29) is 11.8 Å². The van der Waals surface area contributed by atoms with E-state index in [2.05, 4.69) is 54.4 Å². The first-order chi connectivity index (χ1) is 13.7. The maximum Gasteiger partial charge on any atom is 0.228 e. The van der Waals surface area contributed by atoms with Crippen molar-refractivity contribution >= 4 is 5.91 Å². The minimum atomic E-state index is 0.151. The fraction of sp³-hybridized carbons (Fsp3) is 0.292. The number of piperidine rings is 1. The molecule has 4 heteroatoms. The van der Waals surface area contributed by atoms with E-state index in [1.165, 1.54) is 5.56 Å². The second-order valence-electron chi connectivity index (χ2n) is 7.49. The molecule has 3 aromatic rings. The van der Waals surface area contributed by atoms with Crippen LogP contribution >= 0.6 is 0 Å². The van der Waals surface area contributed by atoms with Crippen molar-refractivity contribution in [3.05, 3.63) is 83.8 Å². The number of amides is 1. The number of hydrogen-bond acceptors (Lipinski definition) is 3. The number of aryl methyl sites for hydroxylation is 1. The van der Waals surface area contributed by atoms with Crippen molar-refractivity contribution in [1.29, 1.82) is 0 Å². The number of rotatable bonds is 4. The molecule has 28 heavy (non-hydrogen) atoms. The molecule has 3 heterocycles. The SMILES string of the molecule is Cc1cccc(-c2cccc([C@H]3CCCN(C(=O)Cc4ccccn4)C3)n2)c1. The number of hydrogen-bond donors (Lipinski definition) is 0. The van der Waals surface area contributed by atoms with Crippen molar-refractivity contribution in [2.45, 2.75) is 32.1 Å². The highest BCUT2D eigenvalue weighted by Crippen LogP contribution is 2.28. The number of aromatic nitrogens is 2. The van der Waals surface area contributed by atoms with Crippen LogP contribution in [0.3, 0.4) is 0 Å². The molecular weight excluding hydrogens is 346 g/mol. The zero-order valence-electron chi connectivity index (χ0n) is 16.2. The molecule has 1 amide bonds. The summed E-state index contributed by atoms with van der Waals surface area (Å²) in [5.74, 6) is 0.435. The van der Waals surface area contributed by atoms with Crippen LogP contribution in [0.25, 0.3) is 11.3 Å². The molecule has 4 rings (SSSR count). The second-order valence-corrected chi connectivity index (χ2v) is 7.49. The number of pyridine rings is 2. The topological polar surface area (TPSA) is 46.1 Å². The van der Waals surface area contributed by atoms with Crippen LogP contribution in [0.15, 0.2) is 66.9 Å². The maximum atomic E-state index is 12.7. The van der Waals surface area contributed by atoms with Crippen LogP contribution in [-0.2, 0) is 11.2 Å². The van der Waals surface area contributed by atoms with E-state index in [0.717, 1.165) is 48.6 Å². The quantitative estimate of drug-likeness (QED) is 0.683. The molecule has 1 aromatic carbocycles. The van der Waals surface area contributed by atoms with Crippen LogP contribution < -0.4 is 0 Å². The first-order valence-corrected chi connectivity index (χ1v) is 9.91. The van der Waals surface area contributed by atoms with Gasteiger partial charge in [0.05, 0.1) is 12.1 Å². The van der Waals surface area contributed by atoms with E-state index in [1.54, 1.807) is 6.20 Å². The molecule has 0 unspecified atom stereocenters. The molecule has 1 aliphatic rings. The zero-order chi connectivity index (χ0) is 19.3. The fourth-order valence-electron chi connectivity index (χ4n) is 3.86. The Hall–Kier alpha value is -3.01. The Labute approximate surface area is 166 Å². The van der Waals surface area contributed by atoms with Gasteiger partial charge in [0.1, 0.15) is 0 Å². The molecule has 0 radical (unpaired) electrons. The van der Waals surface area contributed by atoms with E-state index in [1.807, 2.05) is 23.1 Å². The predicted molar refractivity (Wildman–Crippen MR) is 111 cm³/mol. The summed E-state index contributed by atoms with van der Waals surface area (Å²) < 4.78 is 0. The van der Waals surface area contributed by atoms with Crippen molar-refractivity contribution in [3.8, 4) is 11.3 Å². The minimum Gasteiger partial charge on any atom is -0.342 e. The van der Waals surface area contributed by atoms with Gasteiger partial charge < -0.3 is 4.90 Å². The summed E-state index contributed by atoms with van der Waals surface area (Å²) in [6.07, 6.45) is 4.18. The summed E-state index contributed by atoms with van der Waals surface area (Å²) in [7, 11) is 0. The van der Waals surface area contributed by atoms with Gasteiger partial charge in [-0.2, -0.15) is 0 Å². The summed E-state index contributed by atoms with van der Waals surface area (Å²) >= 11 is 0. The monoisotopic (exact) mass is 371 g/mol. The largest absolute Gasteiger partial charge is 0.342 e. The molecule has 1 saturated heterocycles. The Morgan fingerprint density at radius 2 is 2.00 bits per heavy atom. The van der Waals surface area contributed by atoms with Gasteiger partial charge >= 0.3 is 0 Å². The Morgan fingerprint density at radius 3 is 2.82 bits per heavy atom. The second kappa shape index (κ2) is 8.34. The first kappa shape index (κ1) is 18.4. The van der Waals surface area contributed by atoms with Crippen LogP contribution in [0.5, 0.6) is 0 Å². The average Bonchev–Trinajstić information content (AvgIpc) is 2.75. The summed E-state index contributed by atoms with van der Waals surface area (Å²) in [4.78, 5) is 23.9. The normalized spacial score (nSPS) is 16.8. The van der Waals surface area contributed by atoms with Crippen molar-refractivity contribution in [2.75, 3.05) is 13.1 Å². The van der Waals surface area contributed by atoms with E-state index in [4.69, 9.17) is 4.98 Å². The van der Waals surface area contributed by atoms with E-state index < -0.39 is 0 Å². The number of nitrogens with zero attached hydrogens (tertiary/aromatic N) is 3. The van der Waals surface area contributed by atoms with E-state index >= 15 is 0 Å². The zero-order valence-corrected chi connectivity index (χ0v) is 16.2. The molecule has 1 atom stereocenters. The minimum absolute atomic E-state index is 0.151. The molecule has 2 aromatic heterocycles. The molecule has 142 valence electrons. The standard InChI is InChI=1S/C24H25N3O/c1-18-7-4-8-19(15-18)22-11-5-12-23(26-22)20-9-6-14-27(17-20)24(28)16-21-10-2-3-13-25-21/h2-5,7-8,10-13,15,20H,6,9,14,16-17H2,1H3/t20-/m0/s1. The third-order valence-electron chi connectivity index (χ3n) is 5.34. The summed E-state index contributed by atoms with van der Waals surface area (Å²) in [5, 5.41) is 0. The van der Waals surface area contributed by atoms with Crippen molar-refractivity contribution in [3.63, 3.8) is 0 Å². The van der Waals surface area contributed by atoms with Crippen molar-refractivity contribution < 1.29 is 4.79 Å². The van der Waals surface area contributed by atoms with E-state index in [0.29, 0.717) is 6.42 Å². The van der Waals surface area contributed by atoms with Gasteiger partial charge in [-0.15, -0.1) is 0 Å². The summed E-state index contributed by atoms with van der Waals surface area (Å²) in [6, 6.07) is 20.4. The fourth-order valence-corrected chi connectivity index (χ4v) is 3.86. The summed E-state index contributed by atoms with van der Waals surface area (Å²) in [5.41, 5.74) is 5.27. The predicted octanol–water partition coefficient (Wildman–Crippen LogP) is 4.40. The number of carbonyl (C=O) groups excluding carboxylic acids is 1. The molecule has 1 aliphatic heterocycles. The number of benzene rings is 1. The lowest BCUT2D eigenvalue weighted by atomic mass is 9.93. The number of likely N-dealkylation sites (tertiary alicyclic amines) is 1. The van der Waals surface area contributed by atoms with Gasteiger partial charge in [0.25, 0.3) is 0 Å². The van der Waals surface area contributed by atoms with Gasteiger partial charge in [-0.05, 0) is 50.1 Å². The van der Waals surface area contributed by atoms with Gasteiger partial charge in [0.2, 0.25) is 5.91 Å². The highest BCUT2D eigenvalue weighted by molar-refractivity contribution is 5.78. The van der Waals surface area contributed by atoms with Crippen molar-refractivity contribution in [2.24, 2.45) is 0 Å². The lowest BCUT2D eigenvalue weighted by Gasteiger charge is -2.32. The Kier molecular flexibility index (Phi) is 5.47. The molecule has 4 nitrogen and oxygen atoms in total. The van der Waals surface area contributed by atoms with Gasteiger partial charge in [0, 0.05) is 42.2 Å². The molecule has 0 N–H and O–H groups in total. The highest BCUT2D eigenvalue weighted by atomic mass is 16.2. The van der Waals surface area contributed by atoms with Crippen LogP contribution in [-0.4, -0.2) is 33.9 Å². The first-order valence-electron chi connectivity index (χ1n) is 9.91. The van der Waals surface area contributed by atoms with E-state index in [9.17, 15) is 4.79 Å². The smallest absolute Gasteiger partial charge is 0.228 e. The van der Waals surface area contributed by atoms with Crippen LogP contribution in [0.2, 0.25) is 0 Å². The molecule has 1 fully saturated rings. The number of carbonyl (C=O) groups is 1. The third kappa shape index (κ3) is 4.28. The van der Waals surface area contributed by atoms with Crippen LogP contribution in [0.4, 0.5) is 0 Å². The molecule has 0 spiro atoms. The Bertz CT molecular complexity index is 955. The third-order valence-corrected chi connectivity index (χ3v) is 5.34. The van der Waals surface area contributed by atoms with Crippen molar-refractivity contribution in [1.82, 2.24) is 14.9 Å². The molecule has 0 saturated carbocycles. The highest BCUT2D eigenvalue weighted by Gasteiger charge is 2.26. The molecule has 0 bridgehead atoms. The summed E-state index contributed by atoms with van der Waals surface area (Å²) in [6.45, 7) is 3.65. The van der Waals surface area contributed by atoms with Gasteiger partial charge in [0.15, 0.2) is 0 Å². The molecular formula is C24H25N3O. The van der Waals surface area contributed by atoms with Gasteiger partial charge in [-0.3, -0.25) is 14.8 Å².